The first-order valence-electron chi connectivity index (χ1n) is 5.15. The molecule has 2 aromatic rings. The van der Waals surface area contributed by atoms with Crippen molar-refractivity contribution in [3.05, 3.63) is 47.4 Å². The number of hydrogen-bond donors (Lipinski definition) is 1. The van der Waals surface area contributed by atoms with Crippen LogP contribution in [-0.2, 0) is 0 Å². The molecule has 2 rings (SSSR count). The second-order valence-corrected chi connectivity index (χ2v) is 5.12. The van der Waals surface area contributed by atoms with E-state index in [1.807, 2.05) is 31.2 Å². The van der Waals surface area contributed by atoms with Crippen LogP contribution in [0.4, 0.5) is 0 Å². The van der Waals surface area contributed by atoms with Crippen molar-refractivity contribution in [3.8, 4) is 0 Å². The van der Waals surface area contributed by atoms with Crippen molar-refractivity contribution < 1.29 is 0 Å². The lowest BCUT2D eigenvalue weighted by Gasteiger charge is -2.09. The van der Waals surface area contributed by atoms with E-state index in [0.29, 0.717) is 5.02 Å². The van der Waals surface area contributed by atoms with Crippen LogP contribution >= 0.6 is 23.4 Å². The van der Waals surface area contributed by atoms with Crippen molar-refractivity contribution in [1.29, 1.82) is 0 Å². The molecular formula is C12H12ClN3S. The molecule has 0 aliphatic carbocycles. The summed E-state index contributed by atoms with van der Waals surface area (Å²) in [5, 5.41) is 1.59. The van der Waals surface area contributed by atoms with Gasteiger partial charge in [0.15, 0.2) is 0 Å². The fraction of sp³-hybridized carbons (Fsp3) is 0.167. The van der Waals surface area contributed by atoms with Gasteiger partial charge >= 0.3 is 0 Å². The molecule has 0 aliphatic heterocycles. The topological polar surface area (TPSA) is 51.8 Å². The summed E-state index contributed by atoms with van der Waals surface area (Å²) in [6.07, 6.45) is 3.24. The standard InChI is InChI=1S/C12H12ClN3S/c1-8(14)10-3-2-9(6-11(10)13)17-12-4-5-15-7-16-12/h2-8H,14H2,1H3. The smallest absolute Gasteiger partial charge is 0.116 e. The Bertz CT molecular complexity index is 502. The first kappa shape index (κ1) is 12.4. The molecule has 1 atom stereocenters. The van der Waals surface area contributed by atoms with Gasteiger partial charge in [-0.05, 0) is 30.7 Å². The van der Waals surface area contributed by atoms with E-state index >= 15 is 0 Å². The van der Waals surface area contributed by atoms with Crippen LogP contribution in [0.2, 0.25) is 5.02 Å². The van der Waals surface area contributed by atoms with E-state index in [-0.39, 0.29) is 6.04 Å². The summed E-state index contributed by atoms with van der Waals surface area (Å²) in [5.41, 5.74) is 6.76. The van der Waals surface area contributed by atoms with E-state index in [2.05, 4.69) is 9.97 Å². The molecule has 2 N–H and O–H groups in total. The molecule has 0 amide bonds. The van der Waals surface area contributed by atoms with Crippen LogP contribution in [-0.4, -0.2) is 9.97 Å². The number of rotatable bonds is 3. The highest BCUT2D eigenvalue weighted by atomic mass is 35.5. The SMILES string of the molecule is CC(N)c1ccc(Sc2ccncn2)cc1Cl. The summed E-state index contributed by atoms with van der Waals surface area (Å²) in [5.74, 6) is 0. The number of nitrogens with zero attached hydrogens (tertiary/aromatic N) is 2. The average Bonchev–Trinajstić information content (AvgIpc) is 2.30. The zero-order valence-electron chi connectivity index (χ0n) is 9.30. The van der Waals surface area contributed by atoms with E-state index < -0.39 is 0 Å². The molecule has 88 valence electrons. The van der Waals surface area contributed by atoms with Crippen molar-refractivity contribution >= 4 is 23.4 Å². The molecule has 0 spiro atoms. The fourth-order valence-electron chi connectivity index (χ4n) is 1.40. The van der Waals surface area contributed by atoms with Crippen LogP contribution in [0.15, 0.2) is 46.7 Å². The highest BCUT2D eigenvalue weighted by Gasteiger charge is 2.07. The molecule has 0 bridgehead atoms. The number of halogens is 1. The summed E-state index contributed by atoms with van der Waals surface area (Å²) in [6.45, 7) is 1.92. The van der Waals surface area contributed by atoms with Gasteiger partial charge in [-0.3, -0.25) is 0 Å². The van der Waals surface area contributed by atoms with Crippen molar-refractivity contribution in [2.24, 2.45) is 5.73 Å². The third-order valence-corrected chi connectivity index (χ3v) is 3.51. The van der Waals surface area contributed by atoms with Crippen molar-refractivity contribution in [1.82, 2.24) is 9.97 Å². The molecule has 5 heteroatoms. The normalized spacial score (nSPS) is 12.4. The van der Waals surface area contributed by atoms with Gasteiger partial charge in [0, 0.05) is 22.2 Å². The van der Waals surface area contributed by atoms with Crippen LogP contribution < -0.4 is 5.73 Å². The average molecular weight is 266 g/mol. The van der Waals surface area contributed by atoms with Crippen LogP contribution in [0.3, 0.4) is 0 Å². The summed E-state index contributed by atoms with van der Waals surface area (Å²) >= 11 is 7.71. The van der Waals surface area contributed by atoms with Gasteiger partial charge in [0.1, 0.15) is 11.4 Å². The number of nitrogens with two attached hydrogens (primary N) is 1. The number of aromatic nitrogens is 2. The molecule has 1 aromatic carbocycles. The molecule has 1 unspecified atom stereocenters. The Hall–Kier alpha value is -1.10. The zero-order valence-corrected chi connectivity index (χ0v) is 10.9. The maximum atomic E-state index is 6.16. The lowest BCUT2D eigenvalue weighted by Crippen LogP contribution is -2.05. The molecular weight excluding hydrogens is 254 g/mol. The molecule has 0 fully saturated rings. The van der Waals surface area contributed by atoms with Gasteiger partial charge in [-0.1, -0.05) is 29.4 Å². The lowest BCUT2D eigenvalue weighted by molar-refractivity contribution is 0.817. The highest BCUT2D eigenvalue weighted by Crippen LogP contribution is 2.30. The van der Waals surface area contributed by atoms with E-state index in [1.54, 1.807) is 18.0 Å². The quantitative estimate of drug-likeness (QED) is 0.865. The minimum absolute atomic E-state index is 0.0550. The molecule has 0 radical (unpaired) electrons. The molecule has 3 nitrogen and oxygen atoms in total. The minimum Gasteiger partial charge on any atom is -0.324 e. The fourth-order valence-corrected chi connectivity index (χ4v) is 2.60. The van der Waals surface area contributed by atoms with Gasteiger partial charge in [-0.2, -0.15) is 0 Å². The predicted octanol–water partition coefficient (Wildman–Crippen LogP) is 3.30. The minimum atomic E-state index is -0.0550. The molecule has 1 aromatic heterocycles. The Morgan fingerprint density at radius 1 is 1.35 bits per heavy atom. The Labute approximate surface area is 109 Å². The maximum absolute atomic E-state index is 6.16. The Morgan fingerprint density at radius 3 is 2.76 bits per heavy atom. The number of benzene rings is 1. The number of hydrogen-bond acceptors (Lipinski definition) is 4. The van der Waals surface area contributed by atoms with Gasteiger partial charge < -0.3 is 5.73 Å². The zero-order chi connectivity index (χ0) is 12.3. The van der Waals surface area contributed by atoms with E-state index in [0.717, 1.165) is 15.5 Å². The Kier molecular flexibility index (Phi) is 3.99. The summed E-state index contributed by atoms with van der Waals surface area (Å²) in [7, 11) is 0. The van der Waals surface area contributed by atoms with Gasteiger partial charge in [0.25, 0.3) is 0 Å². The summed E-state index contributed by atoms with van der Waals surface area (Å²) < 4.78 is 0. The van der Waals surface area contributed by atoms with Gasteiger partial charge in [-0.15, -0.1) is 0 Å². The second-order valence-electron chi connectivity index (χ2n) is 3.62. The first-order chi connectivity index (χ1) is 8.16. The third-order valence-electron chi connectivity index (χ3n) is 2.24. The van der Waals surface area contributed by atoms with Gasteiger partial charge in [0.2, 0.25) is 0 Å². The Morgan fingerprint density at radius 2 is 2.18 bits per heavy atom. The molecule has 0 saturated heterocycles. The second kappa shape index (κ2) is 5.49. The summed E-state index contributed by atoms with van der Waals surface area (Å²) in [4.78, 5) is 9.06. The Balaban J connectivity index is 2.21. The predicted molar refractivity (Wildman–Crippen MR) is 70.2 cm³/mol. The van der Waals surface area contributed by atoms with Crippen molar-refractivity contribution in [2.75, 3.05) is 0 Å². The van der Waals surface area contributed by atoms with Gasteiger partial charge in [-0.25, -0.2) is 9.97 Å². The van der Waals surface area contributed by atoms with E-state index in [9.17, 15) is 0 Å². The largest absolute Gasteiger partial charge is 0.324 e. The van der Waals surface area contributed by atoms with Gasteiger partial charge in [0.05, 0.1) is 0 Å². The first-order valence-corrected chi connectivity index (χ1v) is 6.35. The summed E-state index contributed by atoms with van der Waals surface area (Å²) in [6, 6.07) is 7.67. The monoisotopic (exact) mass is 265 g/mol. The van der Waals surface area contributed by atoms with Crippen LogP contribution in [0.5, 0.6) is 0 Å². The lowest BCUT2D eigenvalue weighted by atomic mass is 10.1. The molecule has 0 aliphatic rings. The van der Waals surface area contributed by atoms with E-state index in [4.69, 9.17) is 17.3 Å². The maximum Gasteiger partial charge on any atom is 0.116 e. The molecule has 1 heterocycles. The van der Waals surface area contributed by atoms with Crippen LogP contribution in [0.1, 0.15) is 18.5 Å². The highest BCUT2D eigenvalue weighted by molar-refractivity contribution is 7.99. The third kappa shape index (κ3) is 3.19. The van der Waals surface area contributed by atoms with Crippen LogP contribution in [0, 0.1) is 0 Å². The molecule has 0 saturated carbocycles. The van der Waals surface area contributed by atoms with E-state index in [1.165, 1.54) is 6.33 Å². The van der Waals surface area contributed by atoms with Crippen LogP contribution in [0.25, 0.3) is 0 Å². The molecule has 17 heavy (non-hydrogen) atoms. The van der Waals surface area contributed by atoms with Crippen molar-refractivity contribution in [3.63, 3.8) is 0 Å². The van der Waals surface area contributed by atoms with Crippen molar-refractivity contribution in [2.45, 2.75) is 22.9 Å².